The summed E-state index contributed by atoms with van der Waals surface area (Å²) in [5.41, 5.74) is 2.33. The van der Waals surface area contributed by atoms with Crippen LogP contribution in [0, 0.1) is 11.8 Å². The van der Waals surface area contributed by atoms with Crippen molar-refractivity contribution in [1.29, 1.82) is 0 Å². The molecule has 0 bridgehead atoms. The number of aryl methyl sites for hydroxylation is 1. The van der Waals surface area contributed by atoms with Crippen LogP contribution in [0.3, 0.4) is 0 Å². The van der Waals surface area contributed by atoms with Crippen molar-refractivity contribution >= 4 is 0 Å². The summed E-state index contributed by atoms with van der Waals surface area (Å²) >= 11 is 0. The van der Waals surface area contributed by atoms with Gasteiger partial charge in [0.05, 0.1) is 6.61 Å². The highest BCUT2D eigenvalue weighted by Gasteiger charge is 2.20. The zero-order valence-corrected chi connectivity index (χ0v) is 21.9. The van der Waals surface area contributed by atoms with E-state index in [0.717, 1.165) is 48.4 Å². The number of rotatable bonds is 16. The maximum Gasteiger partial charge on any atom is 0.159 e. The van der Waals surface area contributed by atoms with Gasteiger partial charge in [-0.2, -0.15) is 0 Å². The number of benzene rings is 1. The molecule has 0 N–H and O–H groups in total. The van der Waals surface area contributed by atoms with Gasteiger partial charge >= 0.3 is 0 Å². The molecule has 0 amide bonds. The Kier molecular flexibility index (Phi) is 12.5. The van der Waals surface area contributed by atoms with Crippen LogP contribution in [-0.2, 0) is 6.42 Å². The SMILES string of the molecule is CCCCCCCCCOc1ccc(-c2ncc(CC[C@H]3CC[C@H](CCCC)CC3)cn2)cc1. The van der Waals surface area contributed by atoms with Gasteiger partial charge in [-0.15, -0.1) is 0 Å². The van der Waals surface area contributed by atoms with Crippen molar-refractivity contribution in [3.05, 3.63) is 42.2 Å². The van der Waals surface area contributed by atoms with E-state index in [9.17, 15) is 0 Å². The summed E-state index contributed by atoms with van der Waals surface area (Å²) in [4.78, 5) is 9.31. The molecule has 1 fully saturated rings. The van der Waals surface area contributed by atoms with Gasteiger partial charge in [-0.3, -0.25) is 0 Å². The highest BCUT2D eigenvalue weighted by molar-refractivity contribution is 5.55. The van der Waals surface area contributed by atoms with Crippen molar-refractivity contribution in [2.45, 2.75) is 117 Å². The summed E-state index contributed by atoms with van der Waals surface area (Å²) in [6, 6.07) is 8.24. The zero-order valence-electron chi connectivity index (χ0n) is 21.9. The van der Waals surface area contributed by atoms with Crippen LogP contribution in [0.25, 0.3) is 11.4 Å². The predicted molar refractivity (Wildman–Crippen MR) is 144 cm³/mol. The largest absolute Gasteiger partial charge is 0.494 e. The fourth-order valence-corrected chi connectivity index (χ4v) is 5.25. The number of nitrogens with zero attached hydrogens (tertiary/aromatic N) is 2. The molecule has 0 spiro atoms. The molecule has 1 aromatic heterocycles. The Bertz CT molecular complexity index is 763. The summed E-state index contributed by atoms with van der Waals surface area (Å²) in [5, 5.41) is 0. The maximum atomic E-state index is 5.92. The molecule has 1 aliphatic rings. The van der Waals surface area contributed by atoms with Crippen LogP contribution in [-0.4, -0.2) is 16.6 Å². The second-order valence-electron chi connectivity index (χ2n) is 10.5. The van der Waals surface area contributed by atoms with Gasteiger partial charge in [0.2, 0.25) is 0 Å². The van der Waals surface area contributed by atoms with Gasteiger partial charge < -0.3 is 4.74 Å². The quantitative estimate of drug-likeness (QED) is 0.232. The summed E-state index contributed by atoms with van der Waals surface area (Å²) < 4.78 is 5.92. The van der Waals surface area contributed by atoms with Crippen LogP contribution < -0.4 is 4.74 Å². The monoisotopic (exact) mass is 464 g/mol. The molecule has 188 valence electrons. The minimum absolute atomic E-state index is 0.804. The Labute approximate surface area is 209 Å². The van der Waals surface area contributed by atoms with Gasteiger partial charge in [0, 0.05) is 18.0 Å². The first-order valence-electron chi connectivity index (χ1n) is 14.3. The van der Waals surface area contributed by atoms with Crippen LogP contribution in [0.2, 0.25) is 0 Å². The Hall–Kier alpha value is -1.90. The second kappa shape index (κ2) is 15.9. The summed E-state index contributed by atoms with van der Waals surface area (Å²) in [7, 11) is 0. The molecule has 0 atom stereocenters. The van der Waals surface area contributed by atoms with E-state index in [0.29, 0.717) is 0 Å². The third-order valence-corrected chi connectivity index (χ3v) is 7.61. The maximum absolute atomic E-state index is 5.92. The Balaban J connectivity index is 1.33. The summed E-state index contributed by atoms with van der Waals surface area (Å²) in [6.45, 7) is 5.38. The van der Waals surface area contributed by atoms with Gasteiger partial charge in [-0.05, 0) is 60.9 Å². The van der Waals surface area contributed by atoms with Gasteiger partial charge in [-0.25, -0.2) is 9.97 Å². The molecular formula is C31H48N2O. The third-order valence-electron chi connectivity index (χ3n) is 7.61. The lowest BCUT2D eigenvalue weighted by molar-refractivity contribution is 0.250. The van der Waals surface area contributed by atoms with E-state index in [1.54, 1.807) is 0 Å². The number of unbranched alkanes of at least 4 members (excludes halogenated alkanes) is 7. The molecule has 3 heteroatoms. The standard InChI is InChI=1S/C31H48N2O/c1-3-5-7-8-9-10-11-23-34-30-21-19-29(20-22-30)31-32-24-28(25-33-31)18-17-27-15-13-26(14-16-27)12-6-4-2/h19-22,24-27H,3-18,23H2,1-2H3/t26-,27-. The van der Waals surface area contributed by atoms with Crippen LogP contribution in [0.15, 0.2) is 36.7 Å². The minimum Gasteiger partial charge on any atom is -0.494 e. The summed E-state index contributed by atoms with van der Waals surface area (Å²) in [5.74, 6) is 3.64. The average Bonchev–Trinajstić information content (AvgIpc) is 2.89. The normalized spacial score (nSPS) is 18.2. The topological polar surface area (TPSA) is 35.0 Å². The zero-order chi connectivity index (χ0) is 23.8. The molecule has 0 unspecified atom stereocenters. The smallest absolute Gasteiger partial charge is 0.159 e. The average molecular weight is 465 g/mol. The third kappa shape index (κ3) is 9.76. The molecule has 3 rings (SSSR count). The van der Waals surface area contributed by atoms with Crippen LogP contribution >= 0.6 is 0 Å². The fourth-order valence-electron chi connectivity index (χ4n) is 5.25. The Morgan fingerprint density at radius 1 is 0.706 bits per heavy atom. The Morgan fingerprint density at radius 3 is 1.94 bits per heavy atom. The van der Waals surface area contributed by atoms with Crippen molar-refractivity contribution < 1.29 is 4.74 Å². The lowest BCUT2D eigenvalue weighted by Crippen LogP contribution is -2.15. The van der Waals surface area contributed by atoms with E-state index in [2.05, 4.69) is 35.9 Å². The first-order valence-corrected chi connectivity index (χ1v) is 14.3. The van der Waals surface area contributed by atoms with E-state index in [-0.39, 0.29) is 0 Å². The molecule has 34 heavy (non-hydrogen) atoms. The van der Waals surface area contributed by atoms with Crippen molar-refractivity contribution in [2.24, 2.45) is 11.8 Å². The molecule has 3 nitrogen and oxygen atoms in total. The second-order valence-corrected chi connectivity index (χ2v) is 10.5. The van der Waals surface area contributed by atoms with Gasteiger partial charge in [0.25, 0.3) is 0 Å². The number of ether oxygens (including phenoxy) is 1. The van der Waals surface area contributed by atoms with Crippen molar-refractivity contribution in [3.63, 3.8) is 0 Å². The first-order chi connectivity index (χ1) is 16.8. The van der Waals surface area contributed by atoms with Crippen molar-refractivity contribution in [3.8, 4) is 17.1 Å². The molecule has 0 saturated heterocycles. The highest BCUT2D eigenvalue weighted by atomic mass is 16.5. The van der Waals surface area contributed by atoms with Crippen LogP contribution in [0.1, 0.15) is 116 Å². The molecule has 1 heterocycles. The van der Waals surface area contributed by atoms with Crippen molar-refractivity contribution in [1.82, 2.24) is 9.97 Å². The van der Waals surface area contributed by atoms with E-state index >= 15 is 0 Å². The van der Waals surface area contributed by atoms with Gasteiger partial charge in [0.15, 0.2) is 5.82 Å². The fraction of sp³-hybridized carbons (Fsp3) is 0.677. The minimum atomic E-state index is 0.804. The van der Waals surface area contributed by atoms with Crippen molar-refractivity contribution in [2.75, 3.05) is 6.61 Å². The molecular weight excluding hydrogens is 416 g/mol. The molecule has 1 saturated carbocycles. The molecule has 0 radical (unpaired) electrons. The Morgan fingerprint density at radius 2 is 1.29 bits per heavy atom. The highest BCUT2D eigenvalue weighted by Crippen LogP contribution is 2.34. The first kappa shape index (κ1) is 26.7. The molecule has 1 aromatic carbocycles. The number of hydrogen-bond donors (Lipinski definition) is 0. The van der Waals surface area contributed by atoms with E-state index in [4.69, 9.17) is 4.74 Å². The van der Waals surface area contributed by atoms with E-state index < -0.39 is 0 Å². The molecule has 0 aliphatic heterocycles. The van der Waals surface area contributed by atoms with E-state index in [1.165, 1.54) is 95.5 Å². The van der Waals surface area contributed by atoms with Gasteiger partial charge in [0.1, 0.15) is 5.75 Å². The lowest BCUT2D eigenvalue weighted by Gasteiger charge is -2.28. The van der Waals surface area contributed by atoms with Crippen LogP contribution in [0.4, 0.5) is 0 Å². The number of aromatic nitrogens is 2. The number of hydrogen-bond acceptors (Lipinski definition) is 3. The molecule has 1 aliphatic carbocycles. The van der Waals surface area contributed by atoms with E-state index in [1.807, 2.05) is 24.5 Å². The van der Waals surface area contributed by atoms with Gasteiger partial charge in [-0.1, -0.05) is 97.3 Å². The summed E-state index contributed by atoms with van der Waals surface area (Å²) in [6.07, 6.45) is 25.5. The predicted octanol–water partition coefficient (Wildman–Crippen LogP) is 9.20. The molecule has 2 aromatic rings. The lowest BCUT2D eigenvalue weighted by atomic mass is 9.78. The van der Waals surface area contributed by atoms with Crippen LogP contribution in [0.5, 0.6) is 5.75 Å².